The third-order valence-corrected chi connectivity index (χ3v) is 8.33. The predicted molar refractivity (Wildman–Crippen MR) is 130 cm³/mol. The van der Waals surface area contributed by atoms with Crippen LogP contribution in [0, 0.1) is 11.7 Å². The molecule has 0 aliphatic carbocycles. The van der Waals surface area contributed by atoms with Crippen LogP contribution in [0.4, 0.5) is 4.39 Å². The van der Waals surface area contributed by atoms with E-state index in [1.807, 2.05) is 47.8 Å². The Bertz CT molecular complexity index is 1120. The van der Waals surface area contributed by atoms with Crippen molar-refractivity contribution in [2.45, 2.75) is 31.3 Å². The van der Waals surface area contributed by atoms with Crippen molar-refractivity contribution in [2.24, 2.45) is 5.92 Å². The number of carbonyl (C=O) groups is 2. The number of carbonyl (C=O) groups excluding carboxylic acids is 2. The van der Waals surface area contributed by atoms with Crippen molar-refractivity contribution >= 4 is 23.1 Å². The van der Waals surface area contributed by atoms with Crippen molar-refractivity contribution in [3.63, 3.8) is 0 Å². The second kappa shape index (κ2) is 9.80. The highest BCUT2D eigenvalue weighted by Crippen LogP contribution is 2.37. The van der Waals surface area contributed by atoms with Crippen molar-refractivity contribution in [3.8, 4) is 0 Å². The van der Waals surface area contributed by atoms with Gasteiger partial charge in [-0.15, -0.1) is 11.3 Å². The summed E-state index contributed by atoms with van der Waals surface area (Å²) in [6.07, 6.45) is 2.23. The zero-order chi connectivity index (χ0) is 23.5. The molecule has 4 heterocycles. The fourth-order valence-corrected chi connectivity index (χ4v) is 6.16. The fraction of sp³-hybridized carbons (Fsp3) is 0.357. The number of benzene rings is 2. The highest BCUT2D eigenvalue weighted by molar-refractivity contribution is 7.12. The first-order valence-corrected chi connectivity index (χ1v) is 12.8. The van der Waals surface area contributed by atoms with Gasteiger partial charge in [-0.2, -0.15) is 0 Å². The van der Waals surface area contributed by atoms with Gasteiger partial charge >= 0.3 is 5.97 Å². The van der Waals surface area contributed by atoms with E-state index in [0.717, 1.165) is 41.9 Å². The fourth-order valence-electron chi connectivity index (χ4n) is 5.51. The van der Waals surface area contributed by atoms with Gasteiger partial charge in [0.25, 0.3) is 0 Å². The maximum absolute atomic E-state index is 13.5. The number of ether oxygens (including phenoxy) is 1. The van der Waals surface area contributed by atoms with Gasteiger partial charge in [0.2, 0.25) is 5.78 Å². The second-order valence-electron chi connectivity index (χ2n) is 9.64. The molecule has 3 aliphatic heterocycles. The third kappa shape index (κ3) is 4.98. The smallest absolute Gasteiger partial charge is 0.314 e. The minimum Gasteiger partial charge on any atom is -0.456 e. The predicted octanol–water partition coefficient (Wildman–Crippen LogP) is 5.25. The number of esters is 1. The van der Waals surface area contributed by atoms with Gasteiger partial charge in [0.15, 0.2) is 6.10 Å². The molecule has 0 saturated carbocycles. The molecule has 2 unspecified atom stereocenters. The lowest BCUT2D eigenvalue weighted by atomic mass is 9.82. The molecule has 2 atom stereocenters. The highest BCUT2D eigenvalue weighted by atomic mass is 32.1. The van der Waals surface area contributed by atoms with Gasteiger partial charge in [0.1, 0.15) is 18.9 Å². The number of rotatable bonds is 8. The molecule has 3 fully saturated rings. The molecule has 4 nitrogen and oxygen atoms in total. The minimum atomic E-state index is -0.455. The summed E-state index contributed by atoms with van der Waals surface area (Å²) in [4.78, 5) is 27.2. The third-order valence-electron chi connectivity index (χ3n) is 7.42. The first kappa shape index (κ1) is 22.9. The number of quaternary nitrogens is 1. The largest absolute Gasteiger partial charge is 0.456 e. The van der Waals surface area contributed by atoms with Gasteiger partial charge in [-0.3, -0.25) is 9.59 Å². The van der Waals surface area contributed by atoms with E-state index >= 15 is 0 Å². The summed E-state index contributed by atoms with van der Waals surface area (Å²) < 4.78 is 20.3. The number of fused-ring (bicyclic) bond motifs is 3. The van der Waals surface area contributed by atoms with Crippen LogP contribution in [0.5, 0.6) is 0 Å². The second-order valence-corrected chi connectivity index (χ2v) is 10.6. The molecule has 6 heteroatoms. The number of thiophene rings is 1. The van der Waals surface area contributed by atoms with Crippen molar-refractivity contribution in [2.75, 3.05) is 26.2 Å². The topological polar surface area (TPSA) is 43.4 Å². The number of hydrogen-bond acceptors (Lipinski definition) is 4. The Morgan fingerprint density at radius 2 is 1.74 bits per heavy atom. The lowest BCUT2D eigenvalue weighted by molar-refractivity contribution is -0.938. The van der Waals surface area contributed by atoms with Crippen LogP contribution in [-0.2, 0) is 16.0 Å². The Balaban J connectivity index is 1.31. The first-order chi connectivity index (χ1) is 16.5. The van der Waals surface area contributed by atoms with Crippen LogP contribution in [0.25, 0.3) is 0 Å². The van der Waals surface area contributed by atoms with Crippen molar-refractivity contribution in [3.05, 3.63) is 93.9 Å². The number of Topliss-reactive ketones (excluding diaryl/α,β-unsaturated/α-hetero) is 1. The maximum atomic E-state index is 13.5. The van der Waals surface area contributed by atoms with Crippen molar-refractivity contribution in [1.29, 1.82) is 0 Å². The summed E-state index contributed by atoms with van der Waals surface area (Å²) in [5, 5.41) is 1.94. The van der Waals surface area contributed by atoms with E-state index in [1.165, 1.54) is 23.5 Å². The minimum absolute atomic E-state index is 0.175. The average molecular weight is 479 g/mol. The van der Waals surface area contributed by atoms with Gasteiger partial charge in [-0.1, -0.05) is 48.5 Å². The molecule has 3 saturated heterocycles. The summed E-state index contributed by atoms with van der Waals surface area (Å²) >= 11 is 1.49. The van der Waals surface area contributed by atoms with Gasteiger partial charge in [-0.05, 0) is 41.1 Å². The quantitative estimate of drug-likeness (QED) is 0.252. The lowest BCUT2D eigenvalue weighted by Crippen LogP contribution is -2.65. The molecule has 0 amide bonds. The van der Waals surface area contributed by atoms with Crippen LogP contribution in [-0.4, -0.2) is 48.5 Å². The molecule has 0 N–H and O–H groups in total. The maximum Gasteiger partial charge on any atom is 0.314 e. The molecular formula is C28H29FNO3S+. The Hall–Kier alpha value is -2.83. The zero-order valence-corrected chi connectivity index (χ0v) is 19.9. The van der Waals surface area contributed by atoms with E-state index in [0.29, 0.717) is 29.9 Å². The molecule has 2 aromatic carbocycles. The summed E-state index contributed by atoms with van der Waals surface area (Å²) in [7, 11) is 0. The lowest BCUT2D eigenvalue weighted by Gasteiger charge is -2.51. The molecule has 1 aromatic heterocycles. The number of halogens is 1. The number of hydrogen-bond donors (Lipinski definition) is 0. The molecule has 0 radical (unpaired) electrons. The molecule has 0 spiro atoms. The van der Waals surface area contributed by atoms with Crippen molar-refractivity contribution < 1.29 is 23.2 Å². The Labute approximate surface area is 203 Å². The summed E-state index contributed by atoms with van der Waals surface area (Å²) in [6.45, 7) is 3.10. The van der Waals surface area contributed by atoms with E-state index in [1.54, 1.807) is 12.1 Å². The van der Waals surface area contributed by atoms with Gasteiger partial charge in [0, 0.05) is 18.8 Å². The molecule has 3 aromatic rings. The van der Waals surface area contributed by atoms with Crippen LogP contribution in [0.2, 0.25) is 0 Å². The standard InChI is InChI=1S/C28H29FNO3S/c29-23-10-8-20(9-11-23)17-24(21-5-2-1-3-6-21)28(32)33-26-19-30(14-12-22(26)13-15-30)18-25(31)27-7-4-16-34-27/h1-11,16,22,24,26H,12-15,17-19H2/q+1. The van der Waals surface area contributed by atoms with Crippen LogP contribution in [0.3, 0.4) is 0 Å². The molecule has 6 rings (SSSR count). The van der Waals surface area contributed by atoms with Gasteiger partial charge in [0.05, 0.1) is 23.9 Å². The molecule has 34 heavy (non-hydrogen) atoms. The van der Waals surface area contributed by atoms with Gasteiger partial charge < -0.3 is 9.22 Å². The van der Waals surface area contributed by atoms with Crippen LogP contribution < -0.4 is 0 Å². The number of ketones is 1. The van der Waals surface area contributed by atoms with Crippen LogP contribution >= 0.6 is 11.3 Å². The number of nitrogens with zero attached hydrogens (tertiary/aromatic N) is 1. The summed E-state index contributed by atoms with van der Waals surface area (Å²) in [5.74, 6) is -0.455. The van der Waals surface area contributed by atoms with Crippen molar-refractivity contribution in [1.82, 2.24) is 0 Å². The van der Waals surface area contributed by atoms with Crippen LogP contribution in [0.15, 0.2) is 72.1 Å². The SMILES string of the molecule is O=C(C[N+]12CCC(CC1)C(OC(=O)C(Cc1ccc(F)cc1)c1ccccc1)C2)c1cccs1. The summed E-state index contributed by atoms with van der Waals surface area (Å²) in [5.41, 5.74) is 1.79. The Morgan fingerprint density at radius 3 is 2.41 bits per heavy atom. The van der Waals surface area contributed by atoms with Crippen LogP contribution in [0.1, 0.15) is 39.6 Å². The van der Waals surface area contributed by atoms with E-state index in [-0.39, 0.29) is 23.7 Å². The van der Waals surface area contributed by atoms with E-state index in [9.17, 15) is 14.0 Å². The summed E-state index contributed by atoms with van der Waals surface area (Å²) in [6, 6.07) is 19.8. The monoisotopic (exact) mass is 478 g/mol. The van der Waals surface area contributed by atoms with E-state index in [2.05, 4.69) is 0 Å². The highest BCUT2D eigenvalue weighted by Gasteiger charge is 2.49. The Kier molecular flexibility index (Phi) is 6.61. The molecule has 2 bridgehead atoms. The average Bonchev–Trinajstić information content (AvgIpc) is 3.40. The van der Waals surface area contributed by atoms with Gasteiger partial charge in [-0.25, -0.2) is 4.39 Å². The molecule has 3 aliphatic rings. The van der Waals surface area contributed by atoms with E-state index in [4.69, 9.17) is 4.74 Å². The molecular weight excluding hydrogens is 449 g/mol. The number of piperidine rings is 3. The normalized spacial score (nSPS) is 24.5. The van der Waals surface area contributed by atoms with E-state index < -0.39 is 5.92 Å². The first-order valence-electron chi connectivity index (χ1n) is 11.9. The Morgan fingerprint density at radius 1 is 1.00 bits per heavy atom. The molecule has 176 valence electrons. The zero-order valence-electron chi connectivity index (χ0n) is 19.1.